The van der Waals surface area contributed by atoms with Crippen molar-refractivity contribution in [1.82, 2.24) is 4.72 Å². The molecule has 0 amide bonds. The fraction of sp³-hybridized carbons (Fsp3) is 0.619. The van der Waals surface area contributed by atoms with E-state index in [0.29, 0.717) is 11.1 Å². The summed E-state index contributed by atoms with van der Waals surface area (Å²) >= 11 is 0. The highest BCUT2D eigenvalue weighted by Crippen LogP contribution is 2.36. The Balaban J connectivity index is 3.17. The van der Waals surface area contributed by atoms with Gasteiger partial charge in [-0.1, -0.05) is 50.6 Å². The summed E-state index contributed by atoms with van der Waals surface area (Å²) in [7, 11) is -9.54. The quantitative estimate of drug-likeness (QED) is 0.304. The molecule has 0 heterocycles. The molecule has 1 N–H and O–H groups in total. The summed E-state index contributed by atoms with van der Waals surface area (Å²) in [5, 5.41) is -0.0380. The standard InChI is InChI=1S/C21H37NO6S2Si/c1-16-13-17(2)20(18(3)14-16)30(25,26)22-19(11-10-12-27-29(7,23)24)15-28-31(8,9)21(4,5)6/h10-11,13-14,19,22H,12,15H2,1-9H3/b11-10+. The lowest BCUT2D eigenvalue weighted by Crippen LogP contribution is -2.45. The van der Waals surface area contributed by atoms with Crippen LogP contribution in [0.2, 0.25) is 18.1 Å². The molecule has 1 aromatic carbocycles. The van der Waals surface area contributed by atoms with Crippen LogP contribution in [0.3, 0.4) is 0 Å². The molecule has 1 unspecified atom stereocenters. The predicted molar refractivity (Wildman–Crippen MR) is 128 cm³/mol. The minimum absolute atomic E-state index is 0.0380. The SMILES string of the molecule is Cc1cc(C)c(S(=O)(=O)NC(/C=C/COS(C)(=O)=O)CO[Si](C)(C)C(C)(C)C)c(C)c1. The van der Waals surface area contributed by atoms with E-state index in [1.165, 1.54) is 6.08 Å². The first-order chi connectivity index (χ1) is 13.9. The maximum Gasteiger partial charge on any atom is 0.264 e. The molecule has 0 fully saturated rings. The average Bonchev–Trinajstić information content (AvgIpc) is 2.52. The largest absolute Gasteiger partial charge is 0.415 e. The molecule has 178 valence electrons. The smallest absolute Gasteiger partial charge is 0.264 e. The van der Waals surface area contributed by atoms with Gasteiger partial charge in [-0.15, -0.1) is 0 Å². The third-order valence-corrected chi connectivity index (χ3v) is 12.2. The van der Waals surface area contributed by atoms with E-state index in [1.807, 2.05) is 19.1 Å². The average molecular weight is 492 g/mol. The second-order valence-corrected chi connectivity index (χ2v) is 17.5. The van der Waals surface area contributed by atoms with Gasteiger partial charge in [-0.3, -0.25) is 4.18 Å². The molecule has 1 aromatic rings. The fourth-order valence-corrected chi connectivity index (χ4v) is 5.86. The first kappa shape index (κ1) is 28.0. The maximum atomic E-state index is 13.2. The molecule has 10 heteroatoms. The topological polar surface area (TPSA) is 98.8 Å². The lowest BCUT2D eigenvalue weighted by molar-refractivity contribution is 0.271. The molecule has 31 heavy (non-hydrogen) atoms. The van der Waals surface area contributed by atoms with Crippen molar-refractivity contribution in [3.8, 4) is 0 Å². The number of hydrogen-bond acceptors (Lipinski definition) is 6. The zero-order chi connectivity index (χ0) is 24.3. The van der Waals surface area contributed by atoms with Crippen LogP contribution in [0.1, 0.15) is 37.5 Å². The molecule has 0 saturated carbocycles. The van der Waals surface area contributed by atoms with Crippen molar-refractivity contribution >= 4 is 28.5 Å². The Labute approximate surface area is 189 Å². The van der Waals surface area contributed by atoms with Crippen molar-refractivity contribution in [3.05, 3.63) is 41.0 Å². The molecule has 7 nitrogen and oxygen atoms in total. The molecule has 1 atom stereocenters. The minimum Gasteiger partial charge on any atom is -0.415 e. The van der Waals surface area contributed by atoms with Gasteiger partial charge in [0, 0.05) is 0 Å². The van der Waals surface area contributed by atoms with Gasteiger partial charge < -0.3 is 4.43 Å². The van der Waals surface area contributed by atoms with Crippen LogP contribution in [0, 0.1) is 20.8 Å². The lowest BCUT2D eigenvalue weighted by atomic mass is 10.1. The van der Waals surface area contributed by atoms with Crippen molar-refractivity contribution in [2.24, 2.45) is 0 Å². The van der Waals surface area contributed by atoms with Crippen LogP contribution < -0.4 is 4.72 Å². The van der Waals surface area contributed by atoms with E-state index in [0.717, 1.165) is 11.8 Å². The highest BCUT2D eigenvalue weighted by molar-refractivity contribution is 7.89. The van der Waals surface area contributed by atoms with Crippen LogP contribution in [0.15, 0.2) is 29.2 Å². The number of aryl methyl sites for hydroxylation is 3. The Bertz CT molecular complexity index is 986. The van der Waals surface area contributed by atoms with Gasteiger partial charge in [0.25, 0.3) is 10.1 Å². The number of nitrogens with one attached hydrogen (secondary N) is 1. The lowest BCUT2D eigenvalue weighted by Gasteiger charge is -2.37. The molecule has 0 bridgehead atoms. The minimum atomic E-state index is -3.83. The van der Waals surface area contributed by atoms with Gasteiger partial charge >= 0.3 is 0 Å². The third-order valence-electron chi connectivity index (χ3n) is 5.36. The van der Waals surface area contributed by atoms with E-state index in [1.54, 1.807) is 19.9 Å². The monoisotopic (exact) mass is 491 g/mol. The predicted octanol–water partition coefficient (Wildman–Crippen LogP) is 3.81. The Morgan fingerprint density at radius 2 is 1.58 bits per heavy atom. The van der Waals surface area contributed by atoms with Gasteiger partial charge in [0.2, 0.25) is 10.0 Å². The van der Waals surface area contributed by atoms with Gasteiger partial charge in [-0.2, -0.15) is 8.42 Å². The van der Waals surface area contributed by atoms with Crippen LogP contribution in [0.4, 0.5) is 0 Å². The van der Waals surface area contributed by atoms with Gasteiger partial charge in [0.15, 0.2) is 8.32 Å². The van der Waals surface area contributed by atoms with Crippen molar-refractivity contribution in [1.29, 1.82) is 0 Å². The summed E-state index contributed by atoms with van der Waals surface area (Å²) in [4.78, 5) is 0.246. The van der Waals surface area contributed by atoms with E-state index in [4.69, 9.17) is 8.61 Å². The van der Waals surface area contributed by atoms with Crippen molar-refractivity contribution in [2.45, 2.75) is 70.6 Å². The number of sulfonamides is 1. The molecule has 0 aliphatic rings. The highest BCUT2D eigenvalue weighted by atomic mass is 32.2. The van der Waals surface area contributed by atoms with Gasteiger partial charge in [0.1, 0.15) is 0 Å². The fourth-order valence-electron chi connectivity index (χ4n) is 2.88. The summed E-state index contributed by atoms with van der Waals surface area (Å²) in [5.41, 5.74) is 2.32. The Morgan fingerprint density at radius 1 is 1.06 bits per heavy atom. The van der Waals surface area contributed by atoms with Crippen LogP contribution in [0.25, 0.3) is 0 Å². The first-order valence-corrected chi connectivity index (χ1v) is 16.3. The van der Waals surface area contributed by atoms with E-state index in [-0.39, 0.29) is 23.1 Å². The molecular formula is C21H37NO6S2Si. The zero-order valence-corrected chi connectivity index (χ0v) is 22.7. The summed E-state index contributed by atoms with van der Waals surface area (Å²) in [6.45, 7) is 15.9. The molecular weight excluding hydrogens is 454 g/mol. The normalized spacial score (nSPS) is 14.9. The molecule has 0 aromatic heterocycles. The summed E-state index contributed by atoms with van der Waals surface area (Å²) in [6, 6.07) is 2.99. The van der Waals surface area contributed by atoms with Crippen LogP contribution in [-0.4, -0.2) is 50.7 Å². The van der Waals surface area contributed by atoms with Gasteiger partial charge in [-0.05, 0) is 50.0 Å². The van der Waals surface area contributed by atoms with Gasteiger partial charge in [0.05, 0.1) is 30.4 Å². The Morgan fingerprint density at radius 3 is 2.03 bits per heavy atom. The molecule has 0 aliphatic carbocycles. The maximum absolute atomic E-state index is 13.2. The highest BCUT2D eigenvalue weighted by Gasteiger charge is 2.37. The van der Waals surface area contributed by atoms with E-state index >= 15 is 0 Å². The summed E-state index contributed by atoms with van der Waals surface area (Å²) in [6.07, 6.45) is 4.03. The van der Waals surface area contributed by atoms with E-state index in [9.17, 15) is 16.8 Å². The van der Waals surface area contributed by atoms with Crippen molar-refractivity contribution < 1.29 is 25.4 Å². The molecule has 1 rings (SSSR count). The molecule has 0 radical (unpaired) electrons. The van der Waals surface area contributed by atoms with Crippen molar-refractivity contribution in [2.75, 3.05) is 19.5 Å². The Hall–Kier alpha value is -1.04. The zero-order valence-electron chi connectivity index (χ0n) is 20.1. The third kappa shape index (κ3) is 8.78. The van der Waals surface area contributed by atoms with Crippen LogP contribution in [-0.2, 0) is 28.8 Å². The molecule has 0 spiro atoms. The van der Waals surface area contributed by atoms with E-state index in [2.05, 4.69) is 38.6 Å². The molecule has 0 saturated heterocycles. The van der Waals surface area contributed by atoms with Gasteiger partial charge in [-0.25, -0.2) is 13.1 Å². The summed E-state index contributed by atoms with van der Waals surface area (Å²) in [5.74, 6) is 0. The van der Waals surface area contributed by atoms with Crippen LogP contribution in [0.5, 0.6) is 0 Å². The Kier molecular flexibility index (Phi) is 9.27. The number of benzene rings is 1. The first-order valence-electron chi connectivity index (χ1n) is 10.1. The van der Waals surface area contributed by atoms with E-state index < -0.39 is 34.5 Å². The summed E-state index contributed by atoms with van der Waals surface area (Å²) < 4.78 is 62.4. The van der Waals surface area contributed by atoms with Crippen molar-refractivity contribution in [3.63, 3.8) is 0 Å². The van der Waals surface area contributed by atoms with Crippen LogP contribution >= 0.6 is 0 Å². The molecule has 0 aliphatic heterocycles. The number of rotatable bonds is 10. The number of hydrogen-bond donors (Lipinski definition) is 1. The second kappa shape index (κ2) is 10.3. The second-order valence-electron chi connectivity index (χ2n) is 9.44.